The van der Waals surface area contributed by atoms with Crippen molar-refractivity contribution in [3.8, 4) is 11.4 Å². The molecule has 0 aliphatic rings. The first-order valence-corrected chi connectivity index (χ1v) is 5.07. The van der Waals surface area contributed by atoms with Gasteiger partial charge in [0.15, 0.2) is 0 Å². The minimum Gasteiger partial charge on any atom is -0.182 e. The Morgan fingerprint density at radius 1 is 1.20 bits per heavy atom. The Kier molecular flexibility index (Phi) is 2.31. The molecule has 78 valence electrons. The summed E-state index contributed by atoms with van der Waals surface area (Å²) in [6, 6.07) is 8.32. The quantitative estimate of drug-likeness (QED) is 0.643. The minimum absolute atomic E-state index is 1.02. The fourth-order valence-corrected chi connectivity index (χ4v) is 1.72. The van der Waals surface area contributed by atoms with E-state index in [-0.39, 0.29) is 0 Å². The molecule has 0 N–H and O–H groups in total. The lowest BCUT2D eigenvalue weighted by molar-refractivity contribution is -0.742. The third-order valence-corrected chi connectivity index (χ3v) is 2.88. The third-order valence-electron chi connectivity index (χ3n) is 2.88. The summed E-state index contributed by atoms with van der Waals surface area (Å²) in [7, 11) is 4.05. The van der Waals surface area contributed by atoms with Gasteiger partial charge in [-0.25, -0.2) is 0 Å². The van der Waals surface area contributed by atoms with E-state index in [2.05, 4.69) is 34.8 Å². The molecule has 0 unspecified atom stereocenters. The molecule has 3 nitrogen and oxygen atoms in total. The first-order valence-electron chi connectivity index (χ1n) is 5.07. The minimum atomic E-state index is 1.02. The lowest BCUT2D eigenvalue weighted by Gasteiger charge is -1.99. The molecule has 0 aliphatic carbocycles. The van der Waals surface area contributed by atoms with E-state index in [1.165, 1.54) is 11.1 Å². The molecule has 1 aromatic carbocycles. The summed E-state index contributed by atoms with van der Waals surface area (Å²) < 4.78 is 4.11. The van der Waals surface area contributed by atoms with Crippen molar-refractivity contribution in [3.63, 3.8) is 0 Å². The molecule has 2 rings (SSSR count). The van der Waals surface area contributed by atoms with Crippen molar-refractivity contribution in [1.29, 1.82) is 0 Å². The van der Waals surface area contributed by atoms with Gasteiger partial charge >= 0.3 is 5.82 Å². The SMILES string of the molecule is Cc1ccccc1-c1nc(C)n(C)[n+]1C. The summed E-state index contributed by atoms with van der Waals surface area (Å²) in [4.78, 5) is 4.57. The normalized spacial score (nSPS) is 10.7. The average molecular weight is 202 g/mol. The topological polar surface area (TPSA) is 21.7 Å². The van der Waals surface area contributed by atoms with Gasteiger partial charge in [-0.2, -0.15) is 9.36 Å². The van der Waals surface area contributed by atoms with Crippen LogP contribution in [-0.4, -0.2) is 9.67 Å². The van der Waals surface area contributed by atoms with E-state index in [0.717, 1.165) is 11.6 Å². The standard InChI is InChI=1S/C12H16N3/c1-9-7-5-6-8-11(9)12-13-10(2)14(3)15(12)4/h5-8H,1-4H3/q+1. The predicted octanol–water partition coefficient (Wildman–Crippen LogP) is 1.53. The maximum absolute atomic E-state index is 4.57. The lowest BCUT2D eigenvalue weighted by atomic mass is 10.1. The fourth-order valence-electron chi connectivity index (χ4n) is 1.72. The van der Waals surface area contributed by atoms with Crippen LogP contribution in [0.3, 0.4) is 0 Å². The molecular formula is C12H16N3+. The summed E-state index contributed by atoms with van der Waals surface area (Å²) >= 11 is 0. The second-order valence-electron chi connectivity index (χ2n) is 3.84. The number of hydrogen-bond donors (Lipinski definition) is 0. The van der Waals surface area contributed by atoms with E-state index in [0.29, 0.717) is 0 Å². The van der Waals surface area contributed by atoms with Gasteiger partial charge in [0.1, 0.15) is 7.05 Å². The van der Waals surface area contributed by atoms with Crippen molar-refractivity contribution >= 4 is 0 Å². The van der Waals surface area contributed by atoms with E-state index in [1.54, 1.807) is 0 Å². The molecule has 0 saturated heterocycles. The van der Waals surface area contributed by atoms with Crippen LogP contribution in [0.5, 0.6) is 0 Å². The van der Waals surface area contributed by atoms with Crippen molar-refractivity contribution in [2.45, 2.75) is 13.8 Å². The highest BCUT2D eigenvalue weighted by Crippen LogP contribution is 2.17. The molecule has 0 atom stereocenters. The fraction of sp³-hybridized carbons (Fsp3) is 0.333. The van der Waals surface area contributed by atoms with Crippen LogP contribution in [0.2, 0.25) is 0 Å². The van der Waals surface area contributed by atoms with Crippen LogP contribution in [0, 0.1) is 13.8 Å². The van der Waals surface area contributed by atoms with Gasteiger partial charge in [-0.05, 0) is 23.5 Å². The maximum Gasteiger partial charge on any atom is 0.351 e. The summed E-state index contributed by atoms with van der Waals surface area (Å²) in [5, 5.41) is 0. The molecule has 1 heterocycles. The second-order valence-corrected chi connectivity index (χ2v) is 3.84. The van der Waals surface area contributed by atoms with E-state index >= 15 is 0 Å². The Labute approximate surface area is 90.0 Å². The van der Waals surface area contributed by atoms with Crippen molar-refractivity contribution in [3.05, 3.63) is 35.7 Å². The molecule has 0 saturated carbocycles. The summed E-state index contributed by atoms with van der Waals surface area (Å²) in [5.74, 6) is 2.05. The molecule has 0 fully saturated rings. The predicted molar refractivity (Wildman–Crippen MR) is 59.3 cm³/mol. The second kappa shape index (κ2) is 3.50. The zero-order valence-corrected chi connectivity index (χ0v) is 9.65. The van der Waals surface area contributed by atoms with Gasteiger partial charge in [0.2, 0.25) is 0 Å². The first-order chi connectivity index (χ1) is 7.11. The molecule has 1 aromatic heterocycles. The Morgan fingerprint density at radius 3 is 2.40 bits per heavy atom. The van der Waals surface area contributed by atoms with Crippen molar-refractivity contribution < 1.29 is 4.68 Å². The molecule has 15 heavy (non-hydrogen) atoms. The highest BCUT2D eigenvalue weighted by atomic mass is 15.4. The molecule has 3 heteroatoms. The Bertz CT molecular complexity index is 498. The Morgan fingerprint density at radius 2 is 1.87 bits per heavy atom. The number of hydrogen-bond acceptors (Lipinski definition) is 1. The average Bonchev–Trinajstić information content (AvgIpc) is 2.47. The number of aromatic nitrogens is 3. The summed E-state index contributed by atoms with van der Waals surface area (Å²) in [5.41, 5.74) is 2.45. The van der Waals surface area contributed by atoms with Crippen LogP contribution >= 0.6 is 0 Å². The third kappa shape index (κ3) is 1.54. The van der Waals surface area contributed by atoms with E-state index < -0.39 is 0 Å². The molecule has 0 bridgehead atoms. The van der Waals surface area contributed by atoms with Gasteiger partial charge in [0.25, 0.3) is 5.82 Å². The van der Waals surface area contributed by atoms with Crippen molar-refractivity contribution in [1.82, 2.24) is 9.67 Å². The highest BCUT2D eigenvalue weighted by Gasteiger charge is 2.20. The Balaban J connectivity index is 2.65. The molecule has 0 amide bonds. The van der Waals surface area contributed by atoms with Crippen LogP contribution in [0.1, 0.15) is 11.4 Å². The van der Waals surface area contributed by atoms with E-state index in [4.69, 9.17) is 0 Å². The van der Waals surface area contributed by atoms with Crippen LogP contribution in [0.25, 0.3) is 11.4 Å². The number of aryl methyl sites for hydroxylation is 2. The van der Waals surface area contributed by atoms with Gasteiger partial charge in [0.05, 0.1) is 12.6 Å². The largest absolute Gasteiger partial charge is 0.351 e. The van der Waals surface area contributed by atoms with Gasteiger partial charge in [-0.15, -0.1) is 0 Å². The number of rotatable bonds is 1. The molecular weight excluding hydrogens is 186 g/mol. The first kappa shape index (κ1) is 9.90. The van der Waals surface area contributed by atoms with Crippen LogP contribution in [0.15, 0.2) is 24.3 Å². The summed E-state index contributed by atoms with van der Waals surface area (Å²) in [6.45, 7) is 4.13. The van der Waals surface area contributed by atoms with Crippen LogP contribution < -0.4 is 4.68 Å². The van der Waals surface area contributed by atoms with E-state index in [1.807, 2.05) is 31.8 Å². The summed E-state index contributed by atoms with van der Waals surface area (Å²) in [6.07, 6.45) is 0. The Hall–Kier alpha value is -1.64. The molecule has 0 radical (unpaired) electrons. The molecule has 0 spiro atoms. The van der Waals surface area contributed by atoms with Gasteiger partial charge in [-0.1, -0.05) is 18.2 Å². The van der Waals surface area contributed by atoms with Crippen LogP contribution in [0.4, 0.5) is 0 Å². The zero-order chi connectivity index (χ0) is 11.0. The van der Waals surface area contributed by atoms with Gasteiger partial charge < -0.3 is 0 Å². The van der Waals surface area contributed by atoms with Gasteiger partial charge in [-0.3, -0.25) is 0 Å². The van der Waals surface area contributed by atoms with Crippen LogP contribution in [-0.2, 0) is 14.1 Å². The van der Waals surface area contributed by atoms with Gasteiger partial charge in [0, 0.05) is 6.92 Å². The highest BCUT2D eigenvalue weighted by molar-refractivity contribution is 5.57. The van der Waals surface area contributed by atoms with Crippen molar-refractivity contribution in [2.75, 3.05) is 0 Å². The molecule has 0 aliphatic heterocycles. The monoisotopic (exact) mass is 202 g/mol. The lowest BCUT2D eigenvalue weighted by Crippen LogP contribution is -2.39. The van der Waals surface area contributed by atoms with E-state index in [9.17, 15) is 0 Å². The number of nitrogens with zero attached hydrogens (tertiary/aromatic N) is 3. The maximum atomic E-state index is 4.57. The zero-order valence-electron chi connectivity index (χ0n) is 9.65. The van der Waals surface area contributed by atoms with Crippen molar-refractivity contribution in [2.24, 2.45) is 14.1 Å². The molecule has 2 aromatic rings. The number of benzene rings is 1. The smallest absolute Gasteiger partial charge is 0.182 e.